The summed E-state index contributed by atoms with van der Waals surface area (Å²) in [5.74, 6) is 1.69. The molecule has 0 aromatic carbocycles. The Morgan fingerprint density at radius 3 is 2.86 bits per heavy atom. The van der Waals surface area contributed by atoms with Crippen LogP contribution in [0.3, 0.4) is 0 Å². The molecule has 0 aliphatic carbocycles. The lowest BCUT2D eigenvalue weighted by Crippen LogP contribution is -2.46. The van der Waals surface area contributed by atoms with Crippen LogP contribution in [0.5, 0.6) is 0 Å². The van der Waals surface area contributed by atoms with Gasteiger partial charge in [-0.2, -0.15) is 5.10 Å². The van der Waals surface area contributed by atoms with Crippen molar-refractivity contribution in [3.8, 4) is 0 Å². The first-order valence-electron chi connectivity index (χ1n) is 7.53. The predicted molar refractivity (Wildman–Crippen MR) is 74.7 cm³/mol. The van der Waals surface area contributed by atoms with E-state index in [4.69, 9.17) is 9.47 Å². The van der Waals surface area contributed by atoms with Gasteiger partial charge in [-0.1, -0.05) is 13.8 Å². The lowest BCUT2D eigenvalue weighted by Gasteiger charge is -2.34. The molecular formula is C14H22N4O3. The second-order valence-electron chi connectivity index (χ2n) is 6.09. The van der Waals surface area contributed by atoms with Crippen LogP contribution in [0, 0.1) is 0 Å². The van der Waals surface area contributed by atoms with Gasteiger partial charge >= 0.3 is 5.97 Å². The molecule has 0 bridgehead atoms. The molecule has 116 valence electrons. The molecular weight excluding hydrogens is 272 g/mol. The lowest BCUT2D eigenvalue weighted by atomic mass is 10.1. The van der Waals surface area contributed by atoms with Crippen LogP contribution in [0.25, 0.3) is 0 Å². The fourth-order valence-electron chi connectivity index (χ4n) is 2.84. The van der Waals surface area contributed by atoms with Gasteiger partial charge in [0.25, 0.3) is 0 Å². The molecule has 2 aliphatic heterocycles. The Morgan fingerprint density at radius 2 is 2.24 bits per heavy atom. The Morgan fingerprint density at radius 1 is 1.43 bits per heavy atom. The molecule has 3 unspecified atom stereocenters. The van der Waals surface area contributed by atoms with Crippen LogP contribution in [0.15, 0.2) is 0 Å². The Hall–Kier alpha value is -1.47. The standard InChI is InChI=1S/C14H22N4O3/c1-8(2)12-15-13(17-16-12)11-7-18(4-5-20-11)10-6-9(3)21-14(10)19/h8-11H,4-7H2,1-3H3,(H,15,16,17). The van der Waals surface area contributed by atoms with E-state index in [-0.39, 0.29) is 30.1 Å². The van der Waals surface area contributed by atoms with Crippen molar-refractivity contribution in [2.75, 3.05) is 19.7 Å². The number of H-pyrrole nitrogens is 1. The number of carbonyl (C=O) groups is 1. The van der Waals surface area contributed by atoms with Crippen molar-refractivity contribution in [3.05, 3.63) is 11.6 Å². The number of esters is 1. The Bertz CT molecular complexity index is 516. The minimum atomic E-state index is -0.164. The van der Waals surface area contributed by atoms with Crippen LogP contribution in [-0.2, 0) is 14.3 Å². The summed E-state index contributed by atoms with van der Waals surface area (Å²) in [6.07, 6.45) is 0.586. The van der Waals surface area contributed by atoms with E-state index in [1.807, 2.05) is 6.92 Å². The number of aromatic nitrogens is 3. The van der Waals surface area contributed by atoms with Gasteiger partial charge in [0.2, 0.25) is 0 Å². The number of nitrogens with one attached hydrogen (secondary N) is 1. The highest BCUT2D eigenvalue weighted by Crippen LogP contribution is 2.26. The minimum Gasteiger partial charge on any atom is -0.461 e. The molecule has 0 amide bonds. The average molecular weight is 294 g/mol. The molecule has 3 atom stereocenters. The molecule has 1 aromatic heterocycles. The van der Waals surface area contributed by atoms with Gasteiger partial charge in [0.05, 0.1) is 6.61 Å². The summed E-state index contributed by atoms with van der Waals surface area (Å²) in [5.41, 5.74) is 0. The van der Waals surface area contributed by atoms with Crippen molar-refractivity contribution >= 4 is 5.97 Å². The van der Waals surface area contributed by atoms with Gasteiger partial charge in [-0.15, -0.1) is 0 Å². The number of aromatic amines is 1. The third-order valence-electron chi connectivity index (χ3n) is 4.02. The highest BCUT2D eigenvalue weighted by molar-refractivity contribution is 5.78. The number of carbonyl (C=O) groups excluding carboxylic acids is 1. The highest BCUT2D eigenvalue weighted by Gasteiger charge is 2.39. The van der Waals surface area contributed by atoms with E-state index in [1.165, 1.54) is 0 Å². The van der Waals surface area contributed by atoms with E-state index in [1.54, 1.807) is 0 Å². The average Bonchev–Trinajstić information content (AvgIpc) is 3.06. The molecule has 0 saturated carbocycles. The van der Waals surface area contributed by atoms with Gasteiger partial charge in [0.1, 0.15) is 18.2 Å². The maximum Gasteiger partial charge on any atom is 0.323 e. The predicted octanol–water partition coefficient (Wildman–Crippen LogP) is 1.01. The summed E-state index contributed by atoms with van der Waals surface area (Å²) in [4.78, 5) is 18.5. The van der Waals surface area contributed by atoms with Gasteiger partial charge < -0.3 is 9.47 Å². The van der Waals surface area contributed by atoms with Crippen LogP contribution in [0.1, 0.15) is 50.9 Å². The summed E-state index contributed by atoms with van der Waals surface area (Å²) >= 11 is 0. The number of cyclic esters (lactones) is 1. The van der Waals surface area contributed by atoms with Gasteiger partial charge in [-0.25, -0.2) is 4.98 Å². The number of ether oxygens (including phenoxy) is 2. The van der Waals surface area contributed by atoms with Crippen molar-refractivity contribution in [2.24, 2.45) is 0 Å². The first-order chi connectivity index (χ1) is 10.0. The second kappa shape index (κ2) is 5.73. The first-order valence-corrected chi connectivity index (χ1v) is 7.53. The summed E-state index contributed by atoms with van der Waals surface area (Å²) in [5, 5.41) is 7.17. The van der Waals surface area contributed by atoms with Crippen molar-refractivity contribution < 1.29 is 14.3 Å². The van der Waals surface area contributed by atoms with E-state index < -0.39 is 0 Å². The van der Waals surface area contributed by atoms with Gasteiger partial charge in [0, 0.05) is 25.4 Å². The maximum atomic E-state index is 11.9. The summed E-state index contributed by atoms with van der Waals surface area (Å²) < 4.78 is 11.0. The molecule has 7 nitrogen and oxygen atoms in total. The molecule has 3 rings (SSSR count). The molecule has 2 saturated heterocycles. The number of nitrogens with zero attached hydrogens (tertiary/aromatic N) is 3. The molecule has 1 aromatic rings. The zero-order valence-corrected chi connectivity index (χ0v) is 12.7. The molecule has 1 N–H and O–H groups in total. The third-order valence-corrected chi connectivity index (χ3v) is 4.02. The first kappa shape index (κ1) is 14.5. The SMILES string of the molecule is CC1CC(N2CCOC(c3nc(C(C)C)n[nH]3)C2)C(=O)O1. The summed E-state index contributed by atoms with van der Waals surface area (Å²) in [6.45, 7) is 8.00. The number of rotatable bonds is 3. The molecule has 0 radical (unpaired) electrons. The topological polar surface area (TPSA) is 80.3 Å². The van der Waals surface area contributed by atoms with Gasteiger partial charge in [0.15, 0.2) is 11.6 Å². The Kier molecular flexibility index (Phi) is 3.95. The largest absolute Gasteiger partial charge is 0.461 e. The normalized spacial score (nSPS) is 30.9. The quantitative estimate of drug-likeness (QED) is 0.838. The minimum absolute atomic E-state index is 0.00150. The van der Waals surface area contributed by atoms with Gasteiger partial charge in [-0.05, 0) is 6.92 Å². The molecule has 21 heavy (non-hydrogen) atoms. The monoisotopic (exact) mass is 294 g/mol. The van der Waals surface area contributed by atoms with E-state index in [0.29, 0.717) is 13.2 Å². The zero-order chi connectivity index (χ0) is 15.0. The van der Waals surface area contributed by atoms with Crippen molar-refractivity contribution in [1.29, 1.82) is 0 Å². The molecule has 3 heterocycles. The summed E-state index contributed by atoms with van der Waals surface area (Å²) in [7, 11) is 0. The van der Waals surface area contributed by atoms with Crippen LogP contribution >= 0.6 is 0 Å². The fraction of sp³-hybridized carbons (Fsp3) is 0.786. The molecule has 7 heteroatoms. The van der Waals surface area contributed by atoms with Crippen LogP contribution < -0.4 is 0 Å². The van der Waals surface area contributed by atoms with Crippen LogP contribution in [0.2, 0.25) is 0 Å². The molecule has 2 aliphatic rings. The number of morpholine rings is 1. The van der Waals surface area contributed by atoms with Gasteiger partial charge in [-0.3, -0.25) is 14.8 Å². The fourth-order valence-corrected chi connectivity index (χ4v) is 2.84. The number of hydrogen-bond donors (Lipinski definition) is 1. The van der Waals surface area contributed by atoms with Crippen LogP contribution in [-0.4, -0.2) is 57.9 Å². The van der Waals surface area contributed by atoms with E-state index >= 15 is 0 Å². The summed E-state index contributed by atoms with van der Waals surface area (Å²) in [6, 6.07) is -0.154. The Balaban J connectivity index is 1.69. The second-order valence-corrected chi connectivity index (χ2v) is 6.09. The van der Waals surface area contributed by atoms with E-state index in [2.05, 4.69) is 33.9 Å². The number of hydrogen-bond acceptors (Lipinski definition) is 6. The Labute approximate surface area is 124 Å². The van der Waals surface area contributed by atoms with E-state index in [0.717, 1.165) is 24.6 Å². The van der Waals surface area contributed by atoms with Crippen molar-refractivity contribution in [3.63, 3.8) is 0 Å². The smallest absolute Gasteiger partial charge is 0.323 e. The lowest BCUT2D eigenvalue weighted by molar-refractivity contribution is -0.147. The third kappa shape index (κ3) is 2.94. The molecule has 0 spiro atoms. The van der Waals surface area contributed by atoms with E-state index in [9.17, 15) is 4.79 Å². The zero-order valence-electron chi connectivity index (χ0n) is 12.7. The maximum absolute atomic E-state index is 11.9. The van der Waals surface area contributed by atoms with Crippen molar-refractivity contribution in [1.82, 2.24) is 20.1 Å². The van der Waals surface area contributed by atoms with Crippen molar-refractivity contribution in [2.45, 2.75) is 51.4 Å². The molecule has 2 fully saturated rings. The van der Waals surface area contributed by atoms with Crippen LogP contribution in [0.4, 0.5) is 0 Å². The highest BCUT2D eigenvalue weighted by atomic mass is 16.6.